The molecule has 2 aromatic rings. The molecule has 0 radical (unpaired) electrons. The monoisotopic (exact) mass is 483 g/mol. The molecule has 0 aromatic heterocycles. The standard InChI is InChI=1S/C26H34FN5O3/c1-35-23-10-4-20(5-11-23)24(31-12-2-3-13-31)18-28-26(34)32-16-14-30(15-17-32)19-25(33)29-22-8-6-21(27)7-9-22/h4-11,24H,2-3,12-19H2,1H3,(H,28,34)(H,29,33)/t24-/m1/s1. The van der Waals surface area contributed by atoms with Crippen LogP contribution in [0.5, 0.6) is 5.75 Å². The first-order chi connectivity index (χ1) is 17.0. The minimum atomic E-state index is -0.340. The molecule has 2 saturated heterocycles. The summed E-state index contributed by atoms with van der Waals surface area (Å²) in [6.45, 7) is 5.22. The Labute approximate surface area is 206 Å². The van der Waals surface area contributed by atoms with Gasteiger partial charge in [-0.2, -0.15) is 0 Å². The Hall–Kier alpha value is -3.17. The third kappa shape index (κ3) is 6.93. The van der Waals surface area contributed by atoms with Gasteiger partial charge in [0.15, 0.2) is 0 Å². The molecule has 8 nitrogen and oxygen atoms in total. The highest BCUT2D eigenvalue weighted by molar-refractivity contribution is 5.92. The molecule has 0 aliphatic carbocycles. The third-order valence-corrected chi connectivity index (χ3v) is 6.68. The van der Waals surface area contributed by atoms with E-state index in [-0.39, 0.29) is 30.3 Å². The largest absolute Gasteiger partial charge is 0.497 e. The van der Waals surface area contributed by atoms with Gasteiger partial charge in [0.1, 0.15) is 11.6 Å². The summed E-state index contributed by atoms with van der Waals surface area (Å²) < 4.78 is 18.3. The normalized spacial score (nSPS) is 17.7. The Balaban J connectivity index is 1.24. The van der Waals surface area contributed by atoms with Gasteiger partial charge >= 0.3 is 6.03 Å². The first-order valence-corrected chi connectivity index (χ1v) is 12.2. The Bertz CT molecular complexity index is 971. The number of ether oxygens (including phenoxy) is 1. The summed E-state index contributed by atoms with van der Waals surface area (Å²) in [6.07, 6.45) is 2.36. The van der Waals surface area contributed by atoms with Crippen LogP contribution in [0.3, 0.4) is 0 Å². The Morgan fingerprint density at radius 2 is 1.60 bits per heavy atom. The van der Waals surface area contributed by atoms with Crippen LogP contribution in [-0.2, 0) is 4.79 Å². The maximum absolute atomic E-state index is 13.0. The summed E-state index contributed by atoms with van der Waals surface area (Å²) in [6, 6.07) is 13.8. The second-order valence-electron chi connectivity index (χ2n) is 9.04. The lowest BCUT2D eigenvalue weighted by molar-refractivity contribution is -0.117. The SMILES string of the molecule is COc1ccc([C@@H](CNC(=O)N2CCN(CC(=O)Nc3ccc(F)cc3)CC2)N2CCCC2)cc1. The summed E-state index contributed by atoms with van der Waals surface area (Å²) in [5.41, 5.74) is 1.74. The van der Waals surface area contributed by atoms with Crippen molar-refractivity contribution in [3.05, 3.63) is 59.9 Å². The molecule has 35 heavy (non-hydrogen) atoms. The van der Waals surface area contributed by atoms with Crippen molar-refractivity contribution in [2.75, 3.05) is 64.8 Å². The molecule has 1 atom stereocenters. The molecular weight excluding hydrogens is 449 g/mol. The van der Waals surface area contributed by atoms with E-state index in [0.29, 0.717) is 38.4 Å². The number of benzene rings is 2. The van der Waals surface area contributed by atoms with E-state index in [1.54, 1.807) is 7.11 Å². The number of hydrogen-bond acceptors (Lipinski definition) is 5. The number of urea groups is 1. The van der Waals surface area contributed by atoms with Gasteiger partial charge in [0.25, 0.3) is 0 Å². The van der Waals surface area contributed by atoms with E-state index in [4.69, 9.17) is 4.74 Å². The molecule has 3 amide bonds. The summed E-state index contributed by atoms with van der Waals surface area (Å²) in [5, 5.41) is 5.91. The lowest BCUT2D eigenvalue weighted by atomic mass is 10.1. The fourth-order valence-electron chi connectivity index (χ4n) is 4.68. The molecule has 2 aromatic carbocycles. The van der Waals surface area contributed by atoms with Crippen molar-refractivity contribution in [1.29, 1.82) is 0 Å². The van der Waals surface area contributed by atoms with Gasteiger partial charge in [0.2, 0.25) is 5.91 Å². The summed E-state index contributed by atoms with van der Waals surface area (Å²) in [4.78, 5) is 31.5. The second kappa shape index (κ2) is 12.0. The van der Waals surface area contributed by atoms with Crippen molar-refractivity contribution in [3.63, 3.8) is 0 Å². The molecule has 0 bridgehead atoms. The highest BCUT2D eigenvalue weighted by Gasteiger charge is 2.26. The molecule has 2 N–H and O–H groups in total. The van der Waals surface area contributed by atoms with E-state index in [9.17, 15) is 14.0 Å². The van der Waals surface area contributed by atoms with Crippen LogP contribution in [0.1, 0.15) is 24.4 Å². The van der Waals surface area contributed by atoms with Gasteiger partial charge in [0.05, 0.1) is 19.7 Å². The third-order valence-electron chi connectivity index (χ3n) is 6.68. The molecule has 4 rings (SSSR count). The number of amides is 3. The fourth-order valence-corrected chi connectivity index (χ4v) is 4.68. The van der Waals surface area contributed by atoms with E-state index < -0.39 is 0 Å². The van der Waals surface area contributed by atoms with Crippen LogP contribution in [0.2, 0.25) is 0 Å². The number of piperazine rings is 1. The van der Waals surface area contributed by atoms with Crippen molar-refractivity contribution in [2.45, 2.75) is 18.9 Å². The quantitative estimate of drug-likeness (QED) is 0.604. The molecule has 0 spiro atoms. The van der Waals surface area contributed by atoms with Gasteiger partial charge in [-0.3, -0.25) is 14.6 Å². The zero-order valence-corrected chi connectivity index (χ0v) is 20.2. The number of nitrogens with zero attached hydrogens (tertiary/aromatic N) is 3. The van der Waals surface area contributed by atoms with E-state index in [1.165, 1.54) is 42.7 Å². The lowest BCUT2D eigenvalue weighted by Crippen LogP contribution is -2.53. The van der Waals surface area contributed by atoms with Crippen LogP contribution in [0.15, 0.2) is 48.5 Å². The van der Waals surface area contributed by atoms with E-state index >= 15 is 0 Å². The van der Waals surface area contributed by atoms with Crippen LogP contribution in [-0.4, -0.2) is 86.1 Å². The highest BCUT2D eigenvalue weighted by Crippen LogP contribution is 2.26. The number of anilines is 1. The molecule has 2 fully saturated rings. The highest BCUT2D eigenvalue weighted by atomic mass is 19.1. The van der Waals surface area contributed by atoms with Crippen LogP contribution in [0.4, 0.5) is 14.9 Å². The first kappa shape index (κ1) is 24.9. The first-order valence-electron chi connectivity index (χ1n) is 12.2. The smallest absolute Gasteiger partial charge is 0.317 e. The van der Waals surface area contributed by atoms with E-state index in [2.05, 4.69) is 27.7 Å². The predicted octanol–water partition coefficient (Wildman–Crippen LogP) is 2.94. The Morgan fingerprint density at radius 1 is 0.943 bits per heavy atom. The number of rotatable bonds is 8. The van der Waals surface area contributed by atoms with Crippen molar-refractivity contribution < 1.29 is 18.7 Å². The molecular formula is C26H34FN5O3. The van der Waals surface area contributed by atoms with Crippen LogP contribution in [0, 0.1) is 5.82 Å². The van der Waals surface area contributed by atoms with E-state index in [0.717, 1.165) is 18.8 Å². The number of likely N-dealkylation sites (tertiary alicyclic amines) is 1. The summed E-state index contributed by atoms with van der Waals surface area (Å²) in [5.74, 6) is 0.331. The molecule has 2 aliphatic rings. The minimum absolute atomic E-state index is 0.0712. The molecule has 0 saturated carbocycles. The van der Waals surface area contributed by atoms with Crippen LogP contribution >= 0.6 is 0 Å². The van der Waals surface area contributed by atoms with Gasteiger partial charge in [-0.25, -0.2) is 9.18 Å². The maximum atomic E-state index is 13.0. The fraction of sp³-hybridized carbons (Fsp3) is 0.462. The average molecular weight is 484 g/mol. The Morgan fingerprint density at radius 3 is 2.23 bits per heavy atom. The number of nitrogens with one attached hydrogen (secondary N) is 2. The van der Waals surface area contributed by atoms with Crippen molar-refractivity contribution in [1.82, 2.24) is 20.0 Å². The molecule has 2 aliphatic heterocycles. The number of halogens is 1. The number of carbonyl (C=O) groups excluding carboxylic acids is 2. The zero-order chi connectivity index (χ0) is 24.6. The van der Waals surface area contributed by atoms with Gasteiger partial charge < -0.3 is 20.3 Å². The topological polar surface area (TPSA) is 77.1 Å². The zero-order valence-electron chi connectivity index (χ0n) is 20.2. The van der Waals surface area contributed by atoms with Crippen molar-refractivity contribution >= 4 is 17.6 Å². The molecule has 9 heteroatoms. The molecule has 2 heterocycles. The number of carbonyl (C=O) groups is 2. The molecule has 188 valence electrons. The van der Waals surface area contributed by atoms with Crippen molar-refractivity contribution in [2.24, 2.45) is 0 Å². The average Bonchev–Trinajstić information content (AvgIpc) is 3.41. The van der Waals surface area contributed by atoms with Crippen LogP contribution < -0.4 is 15.4 Å². The minimum Gasteiger partial charge on any atom is -0.497 e. The van der Waals surface area contributed by atoms with Gasteiger partial charge in [-0.15, -0.1) is 0 Å². The Kier molecular flexibility index (Phi) is 8.54. The van der Waals surface area contributed by atoms with Gasteiger partial charge in [-0.1, -0.05) is 12.1 Å². The number of methoxy groups -OCH3 is 1. The summed E-state index contributed by atoms with van der Waals surface area (Å²) >= 11 is 0. The summed E-state index contributed by atoms with van der Waals surface area (Å²) in [7, 11) is 1.66. The lowest BCUT2D eigenvalue weighted by Gasteiger charge is -2.35. The van der Waals surface area contributed by atoms with E-state index in [1.807, 2.05) is 21.9 Å². The molecule has 0 unspecified atom stereocenters. The number of hydrogen-bond donors (Lipinski definition) is 2. The van der Waals surface area contributed by atoms with Gasteiger partial charge in [-0.05, 0) is 67.9 Å². The van der Waals surface area contributed by atoms with Gasteiger partial charge in [0, 0.05) is 38.4 Å². The predicted molar refractivity (Wildman–Crippen MR) is 133 cm³/mol. The van der Waals surface area contributed by atoms with Crippen molar-refractivity contribution in [3.8, 4) is 5.75 Å². The second-order valence-corrected chi connectivity index (χ2v) is 9.04. The maximum Gasteiger partial charge on any atom is 0.317 e. The van der Waals surface area contributed by atoms with Crippen LogP contribution in [0.25, 0.3) is 0 Å².